The molecular weight excluding hydrogens is 368 g/mol. The highest BCUT2D eigenvalue weighted by Crippen LogP contribution is 2.27. The Bertz CT molecular complexity index is 1240. The van der Waals surface area contributed by atoms with Crippen molar-refractivity contribution in [1.82, 2.24) is 9.97 Å². The summed E-state index contributed by atoms with van der Waals surface area (Å²) in [5, 5.41) is 14.5. The van der Waals surface area contributed by atoms with Crippen molar-refractivity contribution in [3.63, 3.8) is 0 Å². The molecular formula is C22H16N4O3. The lowest BCUT2D eigenvalue weighted by Gasteiger charge is -2.11. The molecule has 0 bridgehead atoms. The predicted molar refractivity (Wildman–Crippen MR) is 111 cm³/mol. The van der Waals surface area contributed by atoms with Crippen LogP contribution in [0.15, 0.2) is 73.1 Å². The topological polar surface area (TPSA) is 98.0 Å². The summed E-state index contributed by atoms with van der Waals surface area (Å²) in [6.45, 7) is 2.00. The molecule has 0 aliphatic rings. The van der Waals surface area contributed by atoms with Gasteiger partial charge in [-0.3, -0.25) is 19.9 Å². The molecule has 0 spiro atoms. The van der Waals surface area contributed by atoms with E-state index in [0.717, 1.165) is 17.3 Å². The molecule has 0 atom stereocenters. The van der Waals surface area contributed by atoms with Gasteiger partial charge in [-0.2, -0.15) is 0 Å². The van der Waals surface area contributed by atoms with Crippen molar-refractivity contribution in [3.8, 4) is 11.3 Å². The molecule has 29 heavy (non-hydrogen) atoms. The molecule has 7 heteroatoms. The normalized spacial score (nSPS) is 10.7. The van der Waals surface area contributed by atoms with Crippen LogP contribution in [-0.4, -0.2) is 20.8 Å². The first-order valence-corrected chi connectivity index (χ1v) is 8.89. The SMILES string of the molecule is Cc1ccc(-c2cc(C(=O)Nc3ccncc3[N+](=O)[O-])c3ccccc3n2)cc1. The van der Waals surface area contributed by atoms with Crippen LogP contribution in [-0.2, 0) is 0 Å². The average Bonchev–Trinajstić information content (AvgIpc) is 2.73. The van der Waals surface area contributed by atoms with E-state index >= 15 is 0 Å². The number of para-hydroxylation sites is 1. The van der Waals surface area contributed by atoms with Crippen molar-refractivity contribution in [2.45, 2.75) is 6.92 Å². The standard InChI is InChI=1S/C22H16N4O3/c1-14-6-8-15(9-7-14)20-12-17(16-4-2-3-5-18(16)24-20)22(27)25-19-10-11-23-13-21(19)26(28)29/h2-13H,1H3,(H,23,25,27). The number of aryl methyl sites for hydroxylation is 1. The first-order chi connectivity index (χ1) is 14.0. The van der Waals surface area contributed by atoms with Gasteiger partial charge in [-0.15, -0.1) is 0 Å². The Kier molecular flexibility index (Phi) is 4.70. The van der Waals surface area contributed by atoms with Gasteiger partial charge >= 0.3 is 5.69 Å². The van der Waals surface area contributed by atoms with E-state index in [9.17, 15) is 14.9 Å². The number of amides is 1. The van der Waals surface area contributed by atoms with Crippen molar-refractivity contribution in [2.24, 2.45) is 0 Å². The number of rotatable bonds is 4. The van der Waals surface area contributed by atoms with Crippen LogP contribution in [0, 0.1) is 17.0 Å². The molecule has 0 saturated heterocycles. The first kappa shape index (κ1) is 18.2. The molecule has 0 aliphatic carbocycles. The van der Waals surface area contributed by atoms with Crippen molar-refractivity contribution in [2.75, 3.05) is 5.32 Å². The number of hydrogen-bond donors (Lipinski definition) is 1. The second-order valence-corrected chi connectivity index (χ2v) is 6.54. The van der Waals surface area contributed by atoms with Gasteiger partial charge < -0.3 is 5.32 Å². The maximum Gasteiger partial charge on any atom is 0.310 e. The number of anilines is 1. The second-order valence-electron chi connectivity index (χ2n) is 6.54. The molecule has 1 N–H and O–H groups in total. The van der Waals surface area contributed by atoms with E-state index in [2.05, 4.69) is 15.3 Å². The Hall–Kier alpha value is -4.13. The monoisotopic (exact) mass is 384 g/mol. The number of benzene rings is 2. The summed E-state index contributed by atoms with van der Waals surface area (Å²) in [5.41, 5.74) is 3.53. The van der Waals surface area contributed by atoms with Crippen LogP contribution in [0.4, 0.5) is 11.4 Å². The maximum absolute atomic E-state index is 13.1. The van der Waals surface area contributed by atoms with Gasteiger partial charge in [-0.1, -0.05) is 48.0 Å². The molecule has 0 saturated carbocycles. The Morgan fingerprint density at radius 1 is 1.07 bits per heavy atom. The van der Waals surface area contributed by atoms with Gasteiger partial charge in [0.2, 0.25) is 0 Å². The number of nitrogens with zero attached hydrogens (tertiary/aromatic N) is 3. The number of carbonyl (C=O) groups is 1. The molecule has 2 aromatic carbocycles. The molecule has 4 aromatic rings. The molecule has 7 nitrogen and oxygen atoms in total. The molecule has 0 aliphatic heterocycles. The van der Waals surface area contributed by atoms with Crippen LogP contribution in [0.3, 0.4) is 0 Å². The summed E-state index contributed by atoms with van der Waals surface area (Å²) < 4.78 is 0. The van der Waals surface area contributed by atoms with Crippen LogP contribution in [0.25, 0.3) is 22.2 Å². The van der Waals surface area contributed by atoms with Gasteiger partial charge in [0.1, 0.15) is 11.9 Å². The van der Waals surface area contributed by atoms with Gasteiger partial charge in [-0.05, 0) is 25.1 Å². The maximum atomic E-state index is 13.1. The molecule has 142 valence electrons. The Labute approximate surface area is 166 Å². The average molecular weight is 384 g/mol. The van der Waals surface area contributed by atoms with Crippen molar-refractivity contribution in [1.29, 1.82) is 0 Å². The Morgan fingerprint density at radius 3 is 2.59 bits per heavy atom. The highest BCUT2D eigenvalue weighted by atomic mass is 16.6. The van der Waals surface area contributed by atoms with E-state index in [1.807, 2.05) is 49.4 Å². The lowest BCUT2D eigenvalue weighted by Crippen LogP contribution is -2.14. The molecule has 1 amide bonds. The molecule has 0 radical (unpaired) electrons. The van der Waals surface area contributed by atoms with E-state index in [4.69, 9.17) is 0 Å². The molecule has 2 aromatic heterocycles. The minimum absolute atomic E-state index is 0.0905. The fourth-order valence-corrected chi connectivity index (χ4v) is 3.06. The molecule has 4 rings (SSSR count). The zero-order chi connectivity index (χ0) is 20.4. The smallest absolute Gasteiger partial charge is 0.310 e. The van der Waals surface area contributed by atoms with Gasteiger partial charge in [-0.25, -0.2) is 4.98 Å². The van der Waals surface area contributed by atoms with E-state index < -0.39 is 10.8 Å². The Morgan fingerprint density at radius 2 is 1.83 bits per heavy atom. The molecule has 2 heterocycles. The van der Waals surface area contributed by atoms with Crippen LogP contribution >= 0.6 is 0 Å². The third-order valence-electron chi connectivity index (χ3n) is 4.55. The number of pyridine rings is 2. The van der Waals surface area contributed by atoms with Crippen molar-refractivity contribution in [3.05, 3.63) is 94.3 Å². The van der Waals surface area contributed by atoms with E-state index in [1.54, 1.807) is 12.1 Å². The number of carbonyl (C=O) groups excluding carboxylic acids is 1. The van der Waals surface area contributed by atoms with Crippen LogP contribution in [0.5, 0.6) is 0 Å². The minimum atomic E-state index is -0.578. The van der Waals surface area contributed by atoms with Crippen molar-refractivity contribution >= 4 is 28.2 Å². The summed E-state index contributed by atoms with van der Waals surface area (Å²) >= 11 is 0. The summed E-state index contributed by atoms with van der Waals surface area (Å²) in [5.74, 6) is -0.453. The molecule has 0 unspecified atom stereocenters. The van der Waals surface area contributed by atoms with Gasteiger partial charge in [0.15, 0.2) is 0 Å². The highest BCUT2D eigenvalue weighted by Gasteiger charge is 2.19. The lowest BCUT2D eigenvalue weighted by molar-refractivity contribution is -0.384. The summed E-state index contributed by atoms with van der Waals surface area (Å²) in [7, 11) is 0. The largest absolute Gasteiger partial charge is 0.316 e. The van der Waals surface area contributed by atoms with Gasteiger partial charge in [0.05, 0.1) is 21.7 Å². The Balaban J connectivity index is 1.81. The van der Waals surface area contributed by atoms with Crippen LogP contribution < -0.4 is 5.32 Å². The van der Waals surface area contributed by atoms with Gasteiger partial charge in [0.25, 0.3) is 5.91 Å². The zero-order valence-corrected chi connectivity index (χ0v) is 15.5. The third-order valence-corrected chi connectivity index (χ3v) is 4.55. The predicted octanol–water partition coefficient (Wildman–Crippen LogP) is 4.77. The van der Waals surface area contributed by atoms with E-state index in [-0.39, 0.29) is 11.4 Å². The summed E-state index contributed by atoms with van der Waals surface area (Å²) in [6.07, 6.45) is 2.50. The third kappa shape index (κ3) is 3.66. The number of fused-ring (bicyclic) bond motifs is 1. The summed E-state index contributed by atoms with van der Waals surface area (Å²) in [4.78, 5) is 32.1. The van der Waals surface area contributed by atoms with E-state index in [1.165, 1.54) is 12.3 Å². The number of nitro groups is 1. The number of hydrogen-bond acceptors (Lipinski definition) is 5. The highest BCUT2D eigenvalue weighted by molar-refractivity contribution is 6.13. The fraction of sp³-hybridized carbons (Fsp3) is 0.0455. The van der Waals surface area contributed by atoms with Crippen LogP contribution in [0.1, 0.15) is 15.9 Å². The summed E-state index contributed by atoms with van der Waals surface area (Å²) in [6, 6.07) is 18.3. The first-order valence-electron chi connectivity index (χ1n) is 8.89. The second kappa shape index (κ2) is 7.47. The lowest BCUT2D eigenvalue weighted by atomic mass is 10.0. The number of nitrogens with one attached hydrogen (secondary N) is 1. The van der Waals surface area contributed by atoms with Crippen molar-refractivity contribution < 1.29 is 9.72 Å². The molecule has 0 fully saturated rings. The van der Waals surface area contributed by atoms with Gasteiger partial charge in [0, 0.05) is 17.1 Å². The number of aromatic nitrogens is 2. The van der Waals surface area contributed by atoms with E-state index in [0.29, 0.717) is 22.2 Å². The fourth-order valence-electron chi connectivity index (χ4n) is 3.06. The van der Waals surface area contributed by atoms with Crippen LogP contribution in [0.2, 0.25) is 0 Å². The quantitative estimate of drug-likeness (QED) is 0.404. The minimum Gasteiger partial charge on any atom is -0.316 e. The zero-order valence-electron chi connectivity index (χ0n) is 15.5.